The van der Waals surface area contributed by atoms with Crippen LogP contribution in [0.25, 0.3) is 0 Å². The molecular formula is C9H17N. The molecule has 1 N–H and O–H groups in total. The molecule has 0 aromatic heterocycles. The van der Waals surface area contributed by atoms with Gasteiger partial charge in [-0.15, -0.1) is 0 Å². The first-order chi connectivity index (χ1) is 4.59. The van der Waals surface area contributed by atoms with Gasteiger partial charge in [-0.25, -0.2) is 0 Å². The molecule has 0 aromatic carbocycles. The van der Waals surface area contributed by atoms with Crippen molar-refractivity contribution in [3.63, 3.8) is 0 Å². The molecule has 0 aromatic rings. The maximum absolute atomic E-state index is 6.92. The highest BCUT2D eigenvalue weighted by atomic mass is 14.3. The van der Waals surface area contributed by atoms with Crippen molar-refractivity contribution in [1.29, 1.82) is 5.41 Å². The molecule has 0 atom stereocenters. The lowest BCUT2D eigenvalue weighted by molar-refractivity contribution is 0.627. The van der Waals surface area contributed by atoms with Gasteiger partial charge in [0.2, 0.25) is 0 Å². The summed E-state index contributed by atoms with van der Waals surface area (Å²) in [5, 5.41) is 6.92. The van der Waals surface area contributed by atoms with E-state index in [1.54, 1.807) is 0 Å². The third-order valence-electron chi connectivity index (χ3n) is 1.61. The molecule has 0 spiro atoms. The minimum Gasteiger partial charge on any atom is -0.309 e. The Kier molecular flexibility index (Phi) is 4.01. The molecule has 0 saturated carbocycles. The first-order valence-corrected chi connectivity index (χ1v) is 3.80. The lowest BCUT2D eigenvalue weighted by Gasteiger charge is -2.13. The molecule has 1 heteroatoms. The Morgan fingerprint density at radius 3 is 1.60 bits per heavy atom. The highest BCUT2D eigenvalue weighted by Crippen LogP contribution is 2.17. The van der Waals surface area contributed by atoms with E-state index in [9.17, 15) is 0 Å². The van der Waals surface area contributed by atoms with Crippen molar-refractivity contribution in [2.75, 3.05) is 0 Å². The lowest BCUT2D eigenvalue weighted by atomic mass is 9.92. The van der Waals surface area contributed by atoms with Crippen molar-refractivity contribution in [2.45, 2.75) is 27.7 Å². The summed E-state index contributed by atoms with van der Waals surface area (Å²) in [4.78, 5) is 0. The molecule has 0 saturated heterocycles. The first kappa shape index (κ1) is 9.41. The quantitative estimate of drug-likeness (QED) is 0.581. The van der Waals surface area contributed by atoms with E-state index in [0.717, 1.165) is 0 Å². The van der Waals surface area contributed by atoms with Gasteiger partial charge < -0.3 is 5.41 Å². The molecule has 10 heavy (non-hydrogen) atoms. The van der Waals surface area contributed by atoms with Crippen LogP contribution in [-0.2, 0) is 0 Å². The number of hydrogen-bond donors (Lipinski definition) is 1. The summed E-state index contributed by atoms with van der Waals surface area (Å²) in [6.45, 7) is 8.65. The van der Waals surface area contributed by atoms with Gasteiger partial charge in [-0.3, -0.25) is 0 Å². The van der Waals surface area contributed by atoms with Crippen LogP contribution in [0.1, 0.15) is 27.7 Å². The zero-order chi connectivity index (χ0) is 8.15. The predicted molar refractivity (Wildman–Crippen MR) is 46.5 cm³/mol. The zero-order valence-corrected chi connectivity index (χ0v) is 7.31. The topological polar surface area (TPSA) is 23.9 Å². The maximum atomic E-state index is 6.92. The van der Waals surface area contributed by atoms with Crippen LogP contribution in [0.3, 0.4) is 0 Å². The number of rotatable bonds is 3. The van der Waals surface area contributed by atoms with Gasteiger partial charge in [-0.2, -0.15) is 0 Å². The Morgan fingerprint density at radius 2 is 1.50 bits per heavy atom. The molecule has 0 aliphatic rings. The number of hydrogen-bond acceptors (Lipinski definition) is 1. The molecule has 0 aliphatic heterocycles. The van der Waals surface area contributed by atoms with Gasteiger partial charge in [0.1, 0.15) is 0 Å². The molecule has 0 aliphatic carbocycles. The van der Waals surface area contributed by atoms with Crippen molar-refractivity contribution in [1.82, 2.24) is 0 Å². The molecule has 0 bridgehead atoms. The van der Waals surface area contributed by atoms with E-state index in [1.165, 1.54) is 11.8 Å². The van der Waals surface area contributed by atoms with Crippen molar-refractivity contribution >= 4 is 6.21 Å². The minimum absolute atomic E-state index is 0.571. The van der Waals surface area contributed by atoms with Crippen LogP contribution in [0.5, 0.6) is 0 Å². The van der Waals surface area contributed by atoms with E-state index in [2.05, 4.69) is 27.7 Å². The molecular weight excluding hydrogens is 122 g/mol. The van der Waals surface area contributed by atoms with Crippen LogP contribution >= 0.6 is 0 Å². The molecule has 0 unspecified atom stereocenters. The lowest BCUT2D eigenvalue weighted by Crippen LogP contribution is -2.01. The average molecular weight is 139 g/mol. The van der Waals surface area contributed by atoms with Gasteiger partial charge >= 0.3 is 0 Å². The summed E-state index contributed by atoms with van der Waals surface area (Å²) >= 11 is 0. The van der Waals surface area contributed by atoms with E-state index < -0.39 is 0 Å². The van der Waals surface area contributed by atoms with Crippen LogP contribution in [0.4, 0.5) is 0 Å². The second-order valence-corrected chi connectivity index (χ2v) is 3.14. The van der Waals surface area contributed by atoms with Gasteiger partial charge in [-0.05, 0) is 17.9 Å². The molecule has 0 amide bonds. The summed E-state index contributed by atoms with van der Waals surface area (Å²) in [7, 11) is 0. The summed E-state index contributed by atoms with van der Waals surface area (Å²) in [6.07, 6.45) is 3.27. The van der Waals surface area contributed by atoms with Crippen LogP contribution in [-0.4, -0.2) is 6.21 Å². The molecule has 0 radical (unpaired) electrons. The van der Waals surface area contributed by atoms with Crippen LogP contribution in [0, 0.1) is 17.2 Å². The fourth-order valence-corrected chi connectivity index (χ4v) is 1.15. The van der Waals surface area contributed by atoms with Gasteiger partial charge in [0.25, 0.3) is 0 Å². The molecule has 0 heterocycles. The van der Waals surface area contributed by atoms with E-state index in [1.807, 2.05) is 6.08 Å². The minimum atomic E-state index is 0.571. The number of allylic oxidation sites excluding steroid dienone is 2. The smallest absolute Gasteiger partial charge is 0.0177 e. The Bertz CT molecular complexity index is 122. The zero-order valence-electron chi connectivity index (χ0n) is 7.31. The predicted octanol–water partition coefficient (Wildman–Crippen LogP) is 2.87. The Hall–Kier alpha value is -0.590. The van der Waals surface area contributed by atoms with Gasteiger partial charge in [0.15, 0.2) is 0 Å². The maximum Gasteiger partial charge on any atom is 0.0177 e. The summed E-state index contributed by atoms with van der Waals surface area (Å²) in [5.41, 5.74) is 1.36. The third kappa shape index (κ3) is 2.81. The highest BCUT2D eigenvalue weighted by molar-refractivity contribution is 5.69. The SMILES string of the molecule is CC(C)C(=CC=N)C(C)C. The second-order valence-electron chi connectivity index (χ2n) is 3.14. The van der Waals surface area contributed by atoms with Crippen LogP contribution < -0.4 is 0 Å². The molecule has 0 rings (SSSR count). The normalized spacial score (nSPS) is 10.2. The summed E-state index contributed by atoms with van der Waals surface area (Å²) < 4.78 is 0. The monoisotopic (exact) mass is 139 g/mol. The van der Waals surface area contributed by atoms with Crippen molar-refractivity contribution in [3.8, 4) is 0 Å². The standard InChI is InChI=1S/C9H17N/c1-7(2)9(5-6-10)8(3)4/h5-8,10H,1-4H3. The Morgan fingerprint density at radius 1 is 1.10 bits per heavy atom. The molecule has 0 fully saturated rings. The molecule has 58 valence electrons. The fraction of sp³-hybridized carbons (Fsp3) is 0.667. The van der Waals surface area contributed by atoms with Crippen molar-refractivity contribution < 1.29 is 0 Å². The van der Waals surface area contributed by atoms with E-state index in [-0.39, 0.29) is 0 Å². The van der Waals surface area contributed by atoms with Crippen molar-refractivity contribution in [2.24, 2.45) is 11.8 Å². The van der Waals surface area contributed by atoms with Crippen LogP contribution in [0.15, 0.2) is 11.6 Å². The fourth-order valence-electron chi connectivity index (χ4n) is 1.15. The largest absolute Gasteiger partial charge is 0.309 e. The Labute approximate surface area is 63.7 Å². The van der Waals surface area contributed by atoms with E-state index in [0.29, 0.717) is 11.8 Å². The third-order valence-corrected chi connectivity index (χ3v) is 1.61. The molecule has 1 nitrogen and oxygen atoms in total. The van der Waals surface area contributed by atoms with Crippen molar-refractivity contribution in [3.05, 3.63) is 11.6 Å². The summed E-state index contributed by atoms with van der Waals surface area (Å²) in [5.74, 6) is 1.14. The van der Waals surface area contributed by atoms with Gasteiger partial charge in [-0.1, -0.05) is 33.3 Å². The second kappa shape index (κ2) is 4.26. The number of nitrogens with one attached hydrogen (secondary N) is 1. The first-order valence-electron chi connectivity index (χ1n) is 3.80. The highest BCUT2D eigenvalue weighted by Gasteiger charge is 2.05. The van der Waals surface area contributed by atoms with E-state index >= 15 is 0 Å². The van der Waals surface area contributed by atoms with E-state index in [4.69, 9.17) is 5.41 Å². The van der Waals surface area contributed by atoms with Crippen LogP contribution in [0.2, 0.25) is 0 Å². The summed E-state index contributed by atoms with van der Waals surface area (Å²) in [6, 6.07) is 0. The van der Waals surface area contributed by atoms with Gasteiger partial charge in [0, 0.05) is 6.21 Å². The Balaban J connectivity index is 4.26. The van der Waals surface area contributed by atoms with Gasteiger partial charge in [0.05, 0.1) is 0 Å². The average Bonchev–Trinajstić information content (AvgIpc) is 1.81.